The van der Waals surface area contributed by atoms with Crippen LogP contribution in [0.2, 0.25) is 0 Å². The summed E-state index contributed by atoms with van der Waals surface area (Å²) in [5.41, 5.74) is 3.61. The second kappa shape index (κ2) is 9.99. The van der Waals surface area contributed by atoms with E-state index in [2.05, 4.69) is 41.6 Å². The first-order valence-corrected chi connectivity index (χ1v) is 10.0. The highest BCUT2D eigenvalue weighted by molar-refractivity contribution is 7.84. The molecule has 0 saturated carbocycles. The molecular weight excluding hydrogens is 330 g/mol. The minimum Gasteiger partial charge on any atom is -0.355 e. The van der Waals surface area contributed by atoms with Crippen molar-refractivity contribution in [2.45, 2.75) is 25.6 Å². The van der Waals surface area contributed by atoms with E-state index in [4.69, 9.17) is 0 Å². The molecule has 0 heterocycles. The van der Waals surface area contributed by atoms with Gasteiger partial charge < -0.3 is 10.6 Å². The van der Waals surface area contributed by atoms with E-state index >= 15 is 0 Å². The summed E-state index contributed by atoms with van der Waals surface area (Å²) in [4.78, 5) is 4.26. The van der Waals surface area contributed by atoms with Gasteiger partial charge in [0.2, 0.25) is 0 Å². The molecule has 0 fully saturated rings. The van der Waals surface area contributed by atoms with Crippen LogP contribution >= 0.6 is 0 Å². The molecule has 0 radical (unpaired) electrons. The third kappa shape index (κ3) is 6.35. The standard InChI is InChI=1S/C20H27N3OS/c1-16-9-7-8-12-19(16)17(2)23-20(21-3)22-13-14-25(24)15-18-10-5-4-6-11-18/h4-12,17H,13-15H2,1-3H3,(H2,21,22,23). The van der Waals surface area contributed by atoms with Gasteiger partial charge in [0.15, 0.2) is 5.96 Å². The lowest BCUT2D eigenvalue weighted by molar-refractivity contribution is 0.675. The van der Waals surface area contributed by atoms with Gasteiger partial charge in [-0.05, 0) is 30.5 Å². The Balaban J connectivity index is 1.78. The number of aryl methyl sites for hydroxylation is 1. The Morgan fingerprint density at radius 3 is 2.48 bits per heavy atom. The fourth-order valence-corrected chi connectivity index (χ4v) is 3.70. The van der Waals surface area contributed by atoms with Gasteiger partial charge in [-0.25, -0.2) is 0 Å². The predicted octanol–water partition coefficient (Wildman–Crippen LogP) is 3.17. The van der Waals surface area contributed by atoms with Crippen LogP contribution in [0.15, 0.2) is 59.6 Å². The molecule has 0 saturated heterocycles. The van der Waals surface area contributed by atoms with Gasteiger partial charge >= 0.3 is 0 Å². The Bertz CT molecular complexity index is 716. The number of benzene rings is 2. The van der Waals surface area contributed by atoms with Crippen LogP contribution < -0.4 is 10.6 Å². The molecule has 2 aromatic rings. The zero-order valence-electron chi connectivity index (χ0n) is 15.2. The molecule has 2 N–H and O–H groups in total. The van der Waals surface area contributed by atoms with Crippen LogP contribution in [0.25, 0.3) is 0 Å². The van der Waals surface area contributed by atoms with Crippen molar-refractivity contribution in [2.24, 2.45) is 4.99 Å². The summed E-state index contributed by atoms with van der Waals surface area (Å²) in [5.74, 6) is 1.91. The molecule has 4 nitrogen and oxygen atoms in total. The van der Waals surface area contributed by atoms with Gasteiger partial charge in [0.05, 0.1) is 6.04 Å². The van der Waals surface area contributed by atoms with E-state index < -0.39 is 10.8 Å². The third-order valence-electron chi connectivity index (χ3n) is 4.02. The lowest BCUT2D eigenvalue weighted by Crippen LogP contribution is -2.40. The molecule has 25 heavy (non-hydrogen) atoms. The predicted molar refractivity (Wildman–Crippen MR) is 107 cm³/mol. The number of hydrogen-bond donors (Lipinski definition) is 2. The van der Waals surface area contributed by atoms with E-state index in [-0.39, 0.29) is 6.04 Å². The number of nitrogens with zero attached hydrogens (tertiary/aromatic N) is 1. The summed E-state index contributed by atoms with van der Waals surface area (Å²) in [6.45, 7) is 4.85. The minimum absolute atomic E-state index is 0.155. The number of guanidine groups is 1. The summed E-state index contributed by atoms with van der Waals surface area (Å²) in [5, 5.41) is 6.64. The molecule has 2 rings (SSSR count). The third-order valence-corrected chi connectivity index (χ3v) is 5.34. The van der Waals surface area contributed by atoms with Crippen LogP contribution in [0, 0.1) is 6.92 Å². The van der Waals surface area contributed by atoms with Crippen molar-refractivity contribution in [3.8, 4) is 0 Å². The van der Waals surface area contributed by atoms with Crippen molar-refractivity contribution in [2.75, 3.05) is 19.3 Å². The zero-order chi connectivity index (χ0) is 18.1. The first kappa shape index (κ1) is 19.2. The summed E-state index contributed by atoms with van der Waals surface area (Å²) in [6, 6.07) is 18.4. The number of nitrogens with one attached hydrogen (secondary N) is 2. The summed E-state index contributed by atoms with van der Waals surface area (Å²) in [6.07, 6.45) is 0. The number of hydrogen-bond acceptors (Lipinski definition) is 2. The molecule has 5 heteroatoms. The Kier molecular flexibility index (Phi) is 7.67. The molecular formula is C20H27N3OS. The van der Waals surface area contributed by atoms with Gasteiger partial charge in [0.25, 0.3) is 0 Å². The van der Waals surface area contributed by atoms with Crippen LogP contribution in [0.3, 0.4) is 0 Å². The van der Waals surface area contributed by atoms with Crippen LogP contribution in [0.1, 0.15) is 29.7 Å². The highest BCUT2D eigenvalue weighted by atomic mass is 32.2. The zero-order valence-corrected chi connectivity index (χ0v) is 16.0. The van der Waals surface area contributed by atoms with E-state index in [0.717, 1.165) is 11.5 Å². The lowest BCUT2D eigenvalue weighted by atomic mass is 10.0. The quantitative estimate of drug-likeness (QED) is 0.591. The number of aliphatic imine (C=N–C) groups is 1. The highest BCUT2D eigenvalue weighted by Crippen LogP contribution is 2.16. The molecule has 2 unspecified atom stereocenters. The molecule has 2 atom stereocenters. The van der Waals surface area contributed by atoms with Crippen LogP contribution in [0.5, 0.6) is 0 Å². The fraction of sp³-hybridized carbons (Fsp3) is 0.350. The first-order chi connectivity index (χ1) is 12.1. The Morgan fingerprint density at radius 1 is 1.12 bits per heavy atom. The molecule has 0 aromatic heterocycles. The topological polar surface area (TPSA) is 53.5 Å². The van der Waals surface area contributed by atoms with Crippen LogP contribution in [0.4, 0.5) is 0 Å². The summed E-state index contributed by atoms with van der Waals surface area (Å²) in [7, 11) is 0.864. The lowest BCUT2D eigenvalue weighted by Gasteiger charge is -2.19. The van der Waals surface area contributed by atoms with Gasteiger partial charge in [-0.15, -0.1) is 0 Å². The van der Waals surface area contributed by atoms with E-state index in [1.165, 1.54) is 11.1 Å². The molecule has 2 aromatic carbocycles. The van der Waals surface area contributed by atoms with Gasteiger partial charge in [0.1, 0.15) is 0 Å². The van der Waals surface area contributed by atoms with E-state index in [1.807, 2.05) is 42.5 Å². The largest absolute Gasteiger partial charge is 0.355 e. The fourth-order valence-electron chi connectivity index (χ4n) is 2.67. The van der Waals surface area contributed by atoms with E-state index in [0.29, 0.717) is 18.1 Å². The first-order valence-electron chi connectivity index (χ1n) is 8.51. The van der Waals surface area contributed by atoms with Gasteiger partial charge in [0, 0.05) is 35.9 Å². The minimum atomic E-state index is -0.887. The molecule has 0 spiro atoms. The molecule has 0 amide bonds. The van der Waals surface area contributed by atoms with Crippen molar-refractivity contribution >= 4 is 16.8 Å². The summed E-state index contributed by atoms with van der Waals surface area (Å²) < 4.78 is 12.2. The maximum atomic E-state index is 12.2. The second-order valence-corrected chi connectivity index (χ2v) is 7.57. The Morgan fingerprint density at radius 2 is 1.80 bits per heavy atom. The Hall–Kier alpha value is -2.14. The second-order valence-electron chi connectivity index (χ2n) is 6.00. The van der Waals surface area contributed by atoms with Gasteiger partial charge in [-0.1, -0.05) is 54.6 Å². The van der Waals surface area contributed by atoms with Gasteiger partial charge in [-0.2, -0.15) is 0 Å². The molecule has 0 bridgehead atoms. The molecule has 134 valence electrons. The van der Waals surface area contributed by atoms with Crippen molar-refractivity contribution in [3.63, 3.8) is 0 Å². The summed E-state index contributed by atoms with van der Waals surface area (Å²) >= 11 is 0. The molecule has 0 aliphatic heterocycles. The maximum Gasteiger partial charge on any atom is 0.191 e. The smallest absolute Gasteiger partial charge is 0.191 e. The average molecular weight is 358 g/mol. The molecule has 0 aliphatic rings. The highest BCUT2D eigenvalue weighted by Gasteiger charge is 2.10. The van der Waals surface area contributed by atoms with E-state index in [1.54, 1.807) is 7.05 Å². The normalized spacial score (nSPS) is 14.0. The SMILES string of the molecule is CN=C(NCCS(=O)Cc1ccccc1)NC(C)c1ccccc1C. The van der Waals surface area contributed by atoms with Gasteiger partial charge in [-0.3, -0.25) is 9.20 Å². The maximum absolute atomic E-state index is 12.2. The van der Waals surface area contributed by atoms with E-state index in [9.17, 15) is 4.21 Å². The van der Waals surface area contributed by atoms with Crippen molar-refractivity contribution in [3.05, 3.63) is 71.3 Å². The Labute approximate surface area is 153 Å². The monoisotopic (exact) mass is 357 g/mol. The van der Waals surface area contributed by atoms with Crippen molar-refractivity contribution in [1.29, 1.82) is 0 Å². The van der Waals surface area contributed by atoms with Crippen molar-refractivity contribution in [1.82, 2.24) is 10.6 Å². The average Bonchev–Trinajstić information content (AvgIpc) is 2.62. The van der Waals surface area contributed by atoms with Crippen molar-refractivity contribution < 1.29 is 4.21 Å². The molecule has 0 aliphatic carbocycles. The van der Waals surface area contributed by atoms with Crippen LogP contribution in [-0.2, 0) is 16.6 Å². The van der Waals surface area contributed by atoms with Crippen LogP contribution in [-0.4, -0.2) is 29.5 Å². The number of rotatable bonds is 7.